The number of aliphatic hydroxyl groups is 1. The fourth-order valence-electron chi connectivity index (χ4n) is 2.35. The van der Waals surface area contributed by atoms with Crippen molar-refractivity contribution in [2.24, 2.45) is 10.9 Å². The Labute approximate surface area is 117 Å². The lowest BCUT2D eigenvalue weighted by molar-refractivity contribution is -0.0105. The summed E-state index contributed by atoms with van der Waals surface area (Å²) >= 11 is 0. The molecule has 2 atom stereocenters. The number of nitrogens with zero attached hydrogens (tertiary/aromatic N) is 3. The number of oxime groups is 1. The number of hydrogen-bond acceptors (Lipinski definition) is 6. The maximum Gasteiger partial charge on any atom is 0.174 e. The standard InChI is InChI=1S/C13H20N4O3/c1-8-3-4-15-13(11(8)12(14)16-19)17-5-10(6-18)20-7-9(17)2/h3-4,9-10,18-19H,5-7H2,1-2H3,(H2,14,16). The average molecular weight is 280 g/mol. The Morgan fingerprint density at radius 3 is 3.05 bits per heavy atom. The van der Waals surface area contributed by atoms with Gasteiger partial charge < -0.3 is 25.7 Å². The van der Waals surface area contributed by atoms with Crippen molar-refractivity contribution in [1.29, 1.82) is 0 Å². The van der Waals surface area contributed by atoms with E-state index in [-0.39, 0.29) is 24.6 Å². The van der Waals surface area contributed by atoms with Gasteiger partial charge in [0, 0.05) is 12.7 Å². The van der Waals surface area contributed by atoms with Crippen LogP contribution in [0.15, 0.2) is 17.4 Å². The van der Waals surface area contributed by atoms with E-state index < -0.39 is 0 Å². The van der Waals surface area contributed by atoms with Crippen molar-refractivity contribution >= 4 is 11.7 Å². The smallest absolute Gasteiger partial charge is 0.174 e. The third-order valence-electron chi connectivity index (χ3n) is 3.48. The summed E-state index contributed by atoms with van der Waals surface area (Å²) in [6.45, 7) is 4.85. The molecule has 1 saturated heterocycles. The second-order valence-electron chi connectivity index (χ2n) is 4.95. The zero-order chi connectivity index (χ0) is 14.7. The van der Waals surface area contributed by atoms with Crippen LogP contribution in [0, 0.1) is 6.92 Å². The highest BCUT2D eigenvalue weighted by Crippen LogP contribution is 2.25. The molecule has 2 unspecified atom stereocenters. The zero-order valence-corrected chi connectivity index (χ0v) is 11.7. The Morgan fingerprint density at radius 2 is 2.40 bits per heavy atom. The van der Waals surface area contributed by atoms with Gasteiger partial charge in [0.15, 0.2) is 5.84 Å². The summed E-state index contributed by atoms with van der Waals surface area (Å²) in [5.41, 5.74) is 7.26. The fourth-order valence-corrected chi connectivity index (χ4v) is 2.35. The lowest BCUT2D eigenvalue weighted by atomic mass is 10.1. The number of pyridine rings is 1. The molecule has 4 N–H and O–H groups in total. The highest BCUT2D eigenvalue weighted by Gasteiger charge is 2.29. The van der Waals surface area contributed by atoms with Crippen LogP contribution in [-0.2, 0) is 4.74 Å². The van der Waals surface area contributed by atoms with E-state index in [9.17, 15) is 5.11 Å². The number of aromatic nitrogens is 1. The summed E-state index contributed by atoms with van der Waals surface area (Å²) in [6.07, 6.45) is 1.43. The average Bonchev–Trinajstić information content (AvgIpc) is 2.47. The molecule has 0 amide bonds. The van der Waals surface area contributed by atoms with Crippen molar-refractivity contribution in [2.45, 2.75) is 26.0 Å². The first kappa shape index (κ1) is 14.5. The van der Waals surface area contributed by atoms with Crippen LogP contribution in [-0.4, -0.2) is 53.0 Å². The maximum absolute atomic E-state index is 9.26. The fraction of sp³-hybridized carbons (Fsp3) is 0.538. The number of aryl methyl sites for hydroxylation is 1. The van der Waals surface area contributed by atoms with Gasteiger partial charge in [0.1, 0.15) is 5.82 Å². The van der Waals surface area contributed by atoms with E-state index in [1.807, 2.05) is 24.8 Å². The molecule has 1 aromatic heterocycles. The Morgan fingerprint density at radius 1 is 1.65 bits per heavy atom. The summed E-state index contributed by atoms with van der Waals surface area (Å²) in [7, 11) is 0. The van der Waals surface area contributed by atoms with E-state index in [1.165, 1.54) is 0 Å². The third kappa shape index (κ3) is 2.68. The number of morpholine rings is 1. The Kier molecular flexibility index (Phi) is 4.41. The summed E-state index contributed by atoms with van der Waals surface area (Å²) in [5.74, 6) is 0.680. The van der Waals surface area contributed by atoms with Gasteiger partial charge >= 0.3 is 0 Å². The highest BCUT2D eigenvalue weighted by molar-refractivity contribution is 6.02. The number of aliphatic hydroxyl groups excluding tert-OH is 1. The summed E-state index contributed by atoms with van der Waals surface area (Å²) in [6, 6.07) is 1.91. The Bertz CT molecular complexity index is 506. The van der Waals surface area contributed by atoms with Gasteiger partial charge in [0.2, 0.25) is 0 Å². The molecular formula is C13H20N4O3. The molecule has 0 saturated carbocycles. The minimum atomic E-state index is -0.256. The van der Waals surface area contributed by atoms with Crippen molar-refractivity contribution in [3.05, 3.63) is 23.4 Å². The molecule has 7 nitrogen and oxygen atoms in total. The molecule has 7 heteroatoms. The molecule has 2 rings (SSSR count). The van der Waals surface area contributed by atoms with Gasteiger partial charge in [-0.3, -0.25) is 0 Å². The molecule has 1 aliphatic heterocycles. The number of rotatable bonds is 3. The van der Waals surface area contributed by atoms with Gasteiger partial charge in [0.05, 0.1) is 30.9 Å². The molecule has 0 spiro atoms. The van der Waals surface area contributed by atoms with E-state index >= 15 is 0 Å². The Balaban J connectivity index is 2.43. The van der Waals surface area contributed by atoms with Gasteiger partial charge in [-0.1, -0.05) is 5.16 Å². The minimum Gasteiger partial charge on any atom is -0.409 e. The first-order valence-electron chi connectivity index (χ1n) is 6.51. The summed E-state index contributed by atoms with van der Waals surface area (Å²) < 4.78 is 5.52. The van der Waals surface area contributed by atoms with E-state index in [0.29, 0.717) is 24.5 Å². The second kappa shape index (κ2) is 6.06. The van der Waals surface area contributed by atoms with Crippen LogP contribution in [0.5, 0.6) is 0 Å². The lowest BCUT2D eigenvalue weighted by Crippen LogP contribution is -2.50. The van der Waals surface area contributed by atoms with Crippen LogP contribution in [0.2, 0.25) is 0 Å². The van der Waals surface area contributed by atoms with Crippen LogP contribution >= 0.6 is 0 Å². The molecular weight excluding hydrogens is 260 g/mol. The minimum absolute atomic E-state index is 0.0323. The number of ether oxygens (including phenoxy) is 1. The van der Waals surface area contributed by atoms with Crippen LogP contribution < -0.4 is 10.6 Å². The number of nitrogens with two attached hydrogens (primary N) is 1. The van der Waals surface area contributed by atoms with E-state index in [4.69, 9.17) is 15.7 Å². The van der Waals surface area contributed by atoms with E-state index in [1.54, 1.807) is 6.20 Å². The van der Waals surface area contributed by atoms with Gasteiger partial charge in [-0.2, -0.15) is 0 Å². The quantitative estimate of drug-likeness (QED) is 0.313. The van der Waals surface area contributed by atoms with Crippen molar-refractivity contribution in [2.75, 3.05) is 24.7 Å². The molecule has 0 aromatic carbocycles. The SMILES string of the molecule is Cc1ccnc(N2CC(CO)OCC2C)c1/C(N)=N/O. The molecule has 0 bridgehead atoms. The molecule has 2 heterocycles. The van der Waals surface area contributed by atoms with Crippen molar-refractivity contribution in [1.82, 2.24) is 4.98 Å². The molecule has 1 fully saturated rings. The van der Waals surface area contributed by atoms with Crippen LogP contribution in [0.1, 0.15) is 18.1 Å². The van der Waals surface area contributed by atoms with Gasteiger partial charge in [-0.15, -0.1) is 0 Å². The predicted octanol–water partition coefficient (Wildman–Crippen LogP) is 0.0705. The molecule has 0 aliphatic carbocycles. The van der Waals surface area contributed by atoms with Gasteiger partial charge in [0.25, 0.3) is 0 Å². The van der Waals surface area contributed by atoms with Crippen LogP contribution in [0.4, 0.5) is 5.82 Å². The number of amidine groups is 1. The van der Waals surface area contributed by atoms with Crippen molar-refractivity contribution in [3.8, 4) is 0 Å². The lowest BCUT2D eigenvalue weighted by Gasteiger charge is -2.39. The predicted molar refractivity (Wildman–Crippen MR) is 75.1 cm³/mol. The topological polar surface area (TPSA) is 104 Å². The van der Waals surface area contributed by atoms with Crippen LogP contribution in [0.25, 0.3) is 0 Å². The van der Waals surface area contributed by atoms with Gasteiger partial charge in [-0.25, -0.2) is 4.98 Å². The zero-order valence-electron chi connectivity index (χ0n) is 11.7. The number of hydrogen-bond donors (Lipinski definition) is 3. The molecule has 0 radical (unpaired) electrons. The largest absolute Gasteiger partial charge is 0.409 e. The first-order chi connectivity index (χ1) is 9.58. The summed E-state index contributed by atoms with van der Waals surface area (Å²) in [4.78, 5) is 6.39. The Hall–Kier alpha value is -1.86. The molecule has 110 valence electrons. The second-order valence-corrected chi connectivity index (χ2v) is 4.95. The highest BCUT2D eigenvalue weighted by atomic mass is 16.5. The monoisotopic (exact) mass is 280 g/mol. The molecule has 1 aromatic rings. The van der Waals surface area contributed by atoms with Crippen molar-refractivity contribution < 1.29 is 15.1 Å². The number of anilines is 1. The van der Waals surface area contributed by atoms with E-state index in [0.717, 1.165) is 5.56 Å². The molecule has 20 heavy (non-hydrogen) atoms. The summed E-state index contributed by atoms with van der Waals surface area (Å²) in [5, 5.41) is 21.3. The van der Waals surface area contributed by atoms with Gasteiger partial charge in [-0.05, 0) is 25.5 Å². The molecule has 1 aliphatic rings. The maximum atomic E-state index is 9.26. The normalized spacial score (nSPS) is 23.9. The van der Waals surface area contributed by atoms with E-state index in [2.05, 4.69) is 10.1 Å². The first-order valence-corrected chi connectivity index (χ1v) is 6.51. The third-order valence-corrected chi connectivity index (χ3v) is 3.48. The van der Waals surface area contributed by atoms with Crippen LogP contribution in [0.3, 0.4) is 0 Å². The van der Waals surface area contributed by atoms with Crippen molar-refractivity contribution in [3.63, 3.8) is 0 Å².